The summed E-state index contributed by atoms with van der Waals surface area (Å²) in [5.74, 6) is 0.815. The van der Waals surface area contributed by atoms with E-state index in [1.165, 1.54) is 0 Å². The molecule has 1 aliphatic heterocycles. The van der Waals surface area contributed by atoms with Crippen LogP contribution in [0.25, 0.3) is 5.65 Å². The fourth-order valence-corrected chi connectivity index (χ4v) is 2.12. The van der Waals surface area contributed by atoms with Crippen LogP contribution in [0, 0.1) is 0 Å². The molecule has 90 valence electrons. The first kappa shape index (κ1) is 11.0. The van der Waals surface area contributed by atoms with Crippen LogP contribution in [-0.2, 0) is 11.2 Å². The summed E-state index contributed by atoms with van der Waals surface area (Å²) < 4.78 is 7.11. The van der Waals surface area contributed by atoms with Crippen LogP contribution in [0.15, 0.2) is 18.3 Å². The van der Waals surface area contributed by atoms with Gasteiger partial charge >= 0.3 is 0 Å². The van der Waals surface area contributed by atoms with Crippen molar-refractivity contribution in [1.29, 1.82) is 0 Å². The van der Waals surface area contributed by atoms with Crippen molar-refractivity contribution in [2.45, 2.75) is 12.5 Å². The molecule has 1 atom stereocenters. The van der Waals surface area contributed by atoms with Crippen LogP contribution in [0.4, 0.5) is 0 Å². The van der Waals surface area contributed by atoms with Crippen molar-refractivity contribution in [3.05, 3.63) is 29.2 Å². The van der Waals surface area contributed by atoms with Crippen LogP contribution < -0.4 is 5.32 Å². The summed E-state index contributed by atoms with van der Waals surface area (Å²) in [7, 11) is 0. The summed E-state index contributed by atoms with van der Waals surface area (Å²) in [6, 6.07) is 3.98. The van der Waals surface area contributed by atoms with Crippen LogP contribution >= 0.6 is 11.6 Å². The van der Waals surface area contributed by atoms with Gasteiger partial charge in [-0.15, -0.1) is 0 Å². The normalized spacial score (nSPS) is 20.9. The summed E-state index contributed by atoms with van der Waals surface area (Å²) in [5.41, 5.74) is 0.820. The molecule has 1 N–H and O–H groups in total. The van der Waals surface area contributed by atoms with Gasteiger partial charge in [0, 0.05) is 25.2 Å². The van der Waals surface area contributed by atoms with Crippen molar-refractivity contribution in [3.63, 3.8) is 0 Å². The maximum Gasteiger partial charge on any atom is 0.155 e. The number of ether oxygens (including phenoxy) is 1. The topological polar surface area (TPSA) is 51.5 Å². The van der Waals surface area contributed by atoms with Crippen LogP contribution in [-0.4, -0.2) is 40.4 Å². The molecule has 2 aromatic heterocycles. The van der Waals surface area contributed by atoms with Gasteiger partial charge < -0.3 is 10.1 Å². The van der Waals surface area contributed by atoms with E-state index < -0.39 is 0 Å². The van der Waals surface area contributed by atoms with Crippen LogP contribution in [0.1, 0.15) is 5.82 Å². The minimum Gasteiger partial charge on any atom is -0.379 e. The van der Waals surface area contributed by atoms with E-state index in [1.54, 1.807) is 10.7 Å². The minimum atomic E-state index is 0.302. The molecule has 0 spiro atoms. The fourth-order valence-electron chi connectivity index (χ4n) is 1.96. The van der Waals surface area contributed by atoms with Gasteiger partial charge in [0.2, 0.25) is 0 Å². The molecule has 2 aromatic rings. The van der Waals surface area contributed by atoms with Crippen LogP contribution in [0.2, 0.25) is 5.02 Å². The molecule has 1 aliphatic rings. The smallest absolute Gasteiger partial charge is 0.155 e. The maximum atomic E-state index is 5.90. The molecule has 1 fully saturated rings. The lowest BCUT2D eigenvalue weighted by Gasteiger charge is -2.22. The van der Waals surface area contributed by atoms with Crippen molar-refractivity contribution >= 4 is 17.2 Å². The predicted octanol–water partition coefficient (Wildman–Crippen LogP) is 0.914. The lowest BCUT2D eigenvalue weighted by molar-refractivity contribution is 0.0764. The van der Waals surface area contributed by atoms with Crippen molar-refractivity contribution in [3.8, 4) is 0 Å². The third-order valence-electron chi connectivity index (χ3n) is 2.77. The average molecular weight is 253 g/mol. The maximum absolute atomic E-state index is 5.90. The third-order valence-corrected chi connectivity index (χ3v) is 2.99. The van der Waals surface area contributed by atoms with Crippen molar-refractivity contribution in [2.24, 2.45) is 0 Å². The van der Waals surface area contributed by atoms with Gasteiger partial charge in [0.05, 0.1) is 18.2 Å². The summed E-state index contributed by atoms with van der Waals surface area (Å²) in [4.78, 5) is 4.45. The van der Waals surface area contributed by atoms with Gasteiger partial charge in [-0.1, -0.05) is 11.6 Å². The molecule has 1 saturated heterocycles. The second-order valence-electron chi connectivity index (χ2n) is 4.11. The lowest BCUT2D eigenvalue weighted by Crippen LogP contribution is -2.42. The molecule has 0 amide bonds. The quantitative estimate of drug-likeness (QED) is 0.863. The largest absolute Gasteiger partial charge is 0.379 e. The van der Waals surface area contributed by atoms with E-state index in [1.807, 2.05) is 12.1 Å². The Hall–Kier alpha value is -1.17. The van der Waals surface area contributed by atoms with Crippen LogP contribution in [0.5, 0.6) is 0 Å². The summed E-state index contributed by atoms with van der Waals surface area (Å²) >= 11 is 5.90. The number of nitrogens with one attached hydrogen (secondary N) is 1. The van der Waals surface area contributed by atoms with E-state index in [0.29, 0.717) is 11.1 Å². The van der Waals surface area contributed by atoms with Gasteiger partial charge in [-0.3, -0.25) is 0 Å². The standard InChI is InChI=1S/C11H13ClN4O/c12-8-1-2-11-14-10(15-16(11)6-8)5-9-7-17-4-3-13-9/h1-2,6,9,13H,3-5,7H2. The van der Waals surface area contributed by atoms with Gasteiger partial charge in [-0.2, -0.15) is 5.10 Å². The van der Waals surface area contributed by atoms with Crippen molar-refractivity contribution in [2.75, 3.05) is 19.8 Å². The minimum absolute atomic E-state index is 0.302. The number of halogens is 1. The van der Waals surface area contributed by atoms with Gasteiger partial charge in [-0.05, 0) is 12.1 Å². The molecular weight excluding hydrogens is 240 g/mol. The number of hydrogen-bond acceptors (Lipinski definition) is 4. The molecule has 0 saturated carbocycles. The third kappa shape index (κ3) is 2.41. The Kier molecular flexibility index (Phi) is 2.96. The van der Waals surface area contributed by atoms with Gasteiger partial charge in [0.15, 0.2) is 11.5 Å². The Morgan fingerprint density at radius 1 is 1.53 bits per heavy atom. The van der Waals surface area contributed by atoms with Crippen molar-refractivity contribution < 1.29 is 4.74 Å². The zero-order valence-corrected chi connectivity index (χ0v) is 10.0. The summed E-state index contributed by atoms with van der Waals surface area (Å²) in [5, 5.41) is 8.44. The van der Waals surface area contributed by atoms with Crippen LogP contribution in [0.3, 0.4) is 0 Å². The van der Waals surface area contributed by atoms with E-state index in [-0.39, 0.29) is 0 Å². The highest BCUT2D eigenvalue weighted by atomic mass is 35.5. The van der Waals surface area contributed by atoms with Crippen molar-refractivity contribution in [1.82, 2.24) is 19.9 Å². The molecule has 3 heterocycles. The Morgan fingerprint density at radius 2 is 2.47 bits per heavy atom. The molecule has 0 aromatic carbocycles. The highest BCUT2D eigenvalue weighted by Gasteiger charge is 2.16. The van der Waals surface area contributed by atoms with Gasteiger partial charge in [0.25, 0.3) is 0 Å². The SMILES string of the molecule is Clc1ccc2nc(CC3COCCN3)nn2c1. The number of morpholine rings is 1. The van der Waals surface area contributed by atoms with E-state index in [2.05, 4.69) is 15.4 Å². The number of nitrogens with zero attached hydrogens (tertiary/aromatic N) is 3. The average Bonchev–Trinajstić information content (AvgIpc) is 2.71. The zero-order valence-electron chi connectivity index (χ0n) is 9.27. The Labute approximate surface area is 104 Å². The molecule has 17 heavy (non-hydrogen) atoms. The molecule has 1 unspecified atom stereocenters. The number of rotatable bonds is 2. The highest BCUT2D eigenvalue weighted by molar-refractivity contribution is 6.30. The molecule has 6 heteroatoms. The monoisotopic (exact) mass is 252 g/mol. The Balaban J connectivity index is 1.80. The van der Waals surface area contributed by atoms with E-state index >= 15 is 0 Å². The highest BCUT2D eigenvalue weighted by Crippen LogP contribution is 2.10. The van der Waals surface area contributed by atoms with E-state index in [9.17, 15) is 0 Å². The van der Waals surface area contributed by atoms with Gasteiger partial charge in [0.1, 0.15) is 0 Å². The molecular formula is C11H13ClN4O. The molecule has 3 rings (SSSR count). The van der Waals surface area contributed by atoms with E-state index in [0.717, 1.165) is 37.7 Å². The summed E-state index contributed by atoms with van der Waals surface area (Å²) in [6.45, 7) is 2.39. The summed E-state index contributed by atoms with van der Waals surface area (Å²) in [6.07, 6.45) is 2.54. The van der Waals surface area contributed by atoms with Gasteiger partial charge in [-0.25, -0.2) is 9.50 Å². The Morgan fingerprint density at radius 3 is 3.29 bits per heavy atom. The molecule has 0 aliphatic carbocycles. The first-order chi connectivity index (χ1) is 8.31. The second kappa shape index (κ2) is 4.60. The zero-order chi connectivity index (χ0) is 11.7. The fraction of sp³-hybridized carbons (Fsp3) is 0.455. The lowest BCUT2D eigenvalue weighted by atomic mass is 10.2. The molecule has 0 bridgehead atoms. The number of hydrogen-bond donors (Lipinski definition) is 1. The Bertz CT molecular complexity index is 521. The first-order valence-electron chi connectivity index (χ1n) is 5.63. The molecule has 0 radical (unpaired) electrons. The number of aromatic nitrogens is 3. The van der Waals surface area contributed by atoms with E-state index in [4.69, 9.17) is 16.3 Å². The predicted molar refractivity (Wildman–Crippen MR) is 64.3 cm³/mol. The first-order valence-corrected chi connectivity index (χ1v) is 6.01. The molecule has 5 nitrogen and oxygen atoms in total. The second-order valence-corrected chi connectivity index (χ2v) is 4.54. The number of fused-ring (bicyclic) bond motifs is 1. The number of pyridine rings is 1.